The van der Waals surface area contributed by atoms with Gasteiger partial charge >= 0.3 is 19.8 Å². The lowest BCUT2D eigenvalue weighted by molar-refractivity contribution is -0.161. The Balaban J connectivity index is 4.49. The van der Waals surface area contributed by atoms with E-state index < -0.39 is 51.8 Å². The van der Waals surface area contributed by atoms with E-state index in [4.69, 9.17) is 19.1 Å². The number of phosphoric acid groups is 1. The van der Waals surface area contributed by atoms with Crippen molar-refractivity contribution in [3.63, 3.8) is 0 Å². The number of aliphatic hydroxyl groups is 2. The molecule has 0 aliphatic rings. The quantitative estimate of drug-likeness (QED) is 0.0236. The molecule has 3 atom stereocenters. The molecule has 0 heterocycles. The van der Waals surface area contributed by atoms with Crippen LogP contribution >= 0.6 is 7.82 Å². The van der Waals surface area contributed by atoms with Crippen molar-refractivity contribution in [1.82, 2.24) is 0 Å². The number of rotatable bonds is 39. The van der Waals surface area contributed by atoms with E-state index in [2.05, 4.69) is 116 Å². The van der Waals surface area contributed by atoms with E-state index in [1.54, 1.807) is 0 Å². The molecule has 0 aromatic carbocycles. The molecule has 334 valence electrons. The largest absolute Gasteiger partial charge is 0.472 e. The number of carbonyl (C=O) groups is 2. The Morgan fingerprint density at radius 1 is 0.525 bits per heavy atom. The summed E-state index contributed by atoms with van der Waals surface area (Å²) in [5.41, 5.74) is 0. The molecule has 0 bridgehead atoms. The van der Waals surface area contributed by atoms with Gasteiger partial charge in [-0.3, -0.25) is 18.6 Å². The van der Waals surface area contributed by atoms with Gasteiger partial charge in [0.25, 0.3) is 0 Å². The first-order valence-electron chi connectivity index (χ1n) is 21.8. The van der Waals surface area contributed by atoms with Crippen molar-refractivity contribution in [2.45, 2.75) is 154 Å². The van der Waals surface area contributed by atoms with Crippen molar-refractivity contribution >= 4 is 19.8 Å². The molecular weight excluding hydrogens is 767 g/mol. The van der Waals surface area contributed by atoms with Crippen molar-refractivity contribution in [3.05, 3.63) is 109 Å². The predicted molar refractivity (Wildman–Crippen MR) is 242 cm³/mol. The fraction of sp³-hybridized carbons (Fsp3) is 0.583. The third-order valence-corrected chi connectivity index (χ3v) is 9.38. The van der Waals surface area contributed by atoms with Crippen LogP contribution < -0.4 is 0 Å². The van der Waals surface area contributed by atoms with E-state index in [9.17, 15) is 24.2 Å². The molecule has 59 heavy (non-hydrogen) atoms. The number of carbonyl (C=O) groups excluding carboxylic acids is 2. The maximum atomic E-state index is 12.6. The summed E-state index contributed by atoms with van der Waals surface area (Å²) in [5, 5.41) is 18.3. The Hall–Kier alpha value is -3.37. The van der Waals surface area contributed by atoms with E-state index in [0.717, 1.165) is 83.5 Å². The second-order valence-corrected chi connectivity index (χ2v) is 15.4. The van der Waals surface area contributed by atoms with E-state index in [1.165, 1.54) is 19.3 Å². The lowest BCUT2D eigenvalue weighted by atomic mass is 10.1. The van der Waals surface area contributed by atoms with Gasteiger partial charge in [0, 0.05) is 12.8 Å². The summed E-state index contributed by atoms with van der Waals surface area (Å²) < 4.78 is 32.6. The van der Waals surface area contributed by atoms with Gasteiger partial charge in [-0.25, -0.2) is 4.57 Å². The lowest BCUT2D eigenvalue weighted by Gasteiger charge is -2.20. The first-order chi connectivity index (χ1) is 28.7. The van der Waals surface area contributed by atoms with Gasteiger partial charge in [0.15, 0.2) is 6.10 Å². The molecule has 0 radical (unpaired) electrons. The first-order valence-corrected chi connectivity index (χ1v) is 23.3. The molecule has 0 aromatic heterocycles. The van der Waals surface area contributed by atoms with Crippen LogP contribution in [0, 0.1) is 0 Å². The topological polar surface area (TPSA) is 149 Å². The highest BCUT2D eigenvalue weighted by Crippen LogP contribution is 2.43. The SMILES string of the molecule is CC/C=C/C/C=C/C/C=C/C/C=C/C/C=C/C/C=C/CCC(=O)O[C@H](COC(=O)CCCCCC/C=C/C/C=C/C/C=C/CCCCC)COP(=O)(O)OC[C@@H](O)CO. The highest BCUT2D eigenvalue weighted by molar-refractivity contribution is 7.47. The van der Waals surface area contributed by atoms with E-state index >= 15 is 0 Å². The molecule has 11 heteroatoms. The van der Waals surface area contributed by atoms with Gasteiger partial charge in [0.1, 0.15) is 12.7 Å². The number of esters is 2. The van der Waals surface area contributed by atoms with Crippen LogP contribution in [0.2, 0.25) is 0 Å². The highest BCUT2D eigenvalue weighted by Gasteiger charge is 2.27. The van der Waals surface area contributed by atoms with E-state index in [1.807, 2.05) is 12.2 Å². The normalized spacial score (nSPS) is 14.9. The number of ether oxygens (including phenoxy) is 2. The van der Waals surface area contributed by atoms with Crippen LogP contribution in [0.4, 0.5) is 0 Å². The van der Waals surface area contributed by atoms with Crippen LogP contribution in [0.5, 0.6) is 0 Å². The fourth-order valence-electron chi connectivity index (χ4n) is 5.08. The predicted octanol–water partition coefficient (Wildman–Crippen LogP) is 11.8. The average molecular weight is 845 g/mol. The molecule has 0 aliphatic heterocycles. The Morgan fingerprint density at radius 3 is 1.46 bits per heavy atom. The maximum Gasteiger partial charge on any atom is 0.472 e. The molecule has 0 rings (SSSR count). The van der Waals surface area contributed by atoms with Crippen LogP contribution in [0.1, 0.15) is 142 Å². The summed E-state index contributed by atoms with van der Waals surface area (Å²) in [5.74, 6) is -1.06. The van der Waals surface area contributed by atoms with Crippen LogP contribution in [0.3, 0.4) is 0 Å². The number of allylic oxidation sites excluding steroid dienone is 18. The summed E-state index contributed by atoms with van der Waals surface area (Å²) in [7, 11) is -4.65. The van der Waals surface area contributed by atoms with Gasteiger partial charge in [-0.2, -0.15) is 0 Å². The molecule has 0 aromatic rings. The number of aliphatic hydroxyl groups excluding tert-OH is 2. The molecule has 1 unspecified atom stereocenters. The minimum atomic E-state index is -4.65. The van der Waals surface area contributed by atoms with Crippen LogP contribution in [-0.2, 0) is 32.7 Å². The second kappa shape index (κ2) is 42.7. The third kappa shape index (κ3) is 42.6. The van der Waals surface area contributed by atoms with E-state index in [-0.39, 0.29) is 19.4 Å². The average Bonchev–Trinajstić information content (AvgIpc) is 3.22. The van der Waals surface area contributed by atoms with Crippen molar-refractivity contribution in [3.8, 4) is 0 Å². The minimum absolute atomic E-state index is 0.0470. The molecule has 10 nitrogen and oxygen atoms in total. The molecule has 0 fully saturated rings. The van der Waals surface area contributed by atoms with Gasteiger partial charge in [0.2, 0.25) is 0 Å². The summed E-state index contributed by atoms with van der Waals surface area (Å²) in [6, 6.07) is 0. The monoisotopic (exact) mass is 845 g/mol. The van der Waals surface area contributed by atoms with Crippen LogP contribution in [0.15, 0.2) is 109 Å². The van der Waals surface area contributed by atoms with Crippen LogP contribution in [0.25, 0.3) is 0 Å². The molecular formula is C48H77O10P. The van der Waals surface area contributed by atoms with Gasteiger partial charge in [0.05, 0.1) is 19.8 Å². The van der Waals surface area contributed by atoms with E-state index in [0.29, 0.717) is 12.8 Å². The second-order valence-electron chi connectivity index (χ2n) is 14.0. The highest BCUT2D eigenvalue weighted by atomic mass is 31.2. The summed E-state index contributed by atoms with van der Waals surface area (Å²) in [6.45, 7) is 2.10. The number of phosphoric ester groups is 1. The Kier molecular flexibility index (Phi) is 40.3. The smallest absolute Gasteiger partial charge is 0.462 e. The lowest BCUT2D eigenvalue weighted by Crippen LogP contribution is -2.29. The zero-order valence-corrected chi connectivity index (χ0v) is 37.1. The van der Waals surface area contributed by atoms with Crippen molar-refractivity contribution in [1.29, 1.82) is 0 Å². The Morgan fingerprint density at radius 2 is 0.966 bits per heavy atom. The van der Waals surface area contributed by atoms with Gasteiger partial charge in [-0.05, 0) is 89.9 Å². The number of unbranched alkanes of at least 4 members (excludes halogenated alkanes) is 7. The number of hydrogen-bond acceptors (Lipinski definition) is 9. The minimum Gasteiger partial charge on any atom is -0.462 e. The third-order valence-electron chi connectivity index (χ3n) is 8.42. The summed E-state index contributed by atoms with van der Waals surface area (Å²) >= 11 is 0. The van der Waals surface area contributed by atoms with Crippen molar-refractivity contribution in [2.24, 2.45) is 0 Å². The molecule has 0 saturated carbocycles. The standard InChI is InChI=1S/C48H77O10P/c1-3-5-7-9-11-13-15-17-19-21-22-24-26-28-30-32-34-36-38-40-48(52)58-46(44-57-59(53,54)56-42-45(50)41-49)43-55-47(51)39-37-35-33-31-29-27-25-23-20-18-16-14-12-10-8-6-4-2/h5,7,11-14,17-20,22,24-25,27-28,30,34,36,45-46,49-50H,3-4,6,8-10,15-16,21,23,26,29,31-33,35,37-44H2,1-2H3,(H,53,54)/b7-5+,13-11+,14-12+,19-17+,20-18+,24-22+,27-25+,30-28+,36-34+/t45-,46+/m0/s1. The maximum absolute atomic E-state index is 12.6. The van der Waals surface area contributed by atoms with Crippen LogP contribution in [-0.4, -0.2) is 65.7 Å². The molecule has 3 N–H and O–H groups in total. The molecule has 0 saturated heterocycles. The molecule has 0 aliphatic carbocycles. The van der Waals surface area contributed by atoms with Gasteiger partial charge in [-0.1, -0.05) is 149 Å². The fourth-order valence-corrected chi connectivity index (χ4v) is 5.87. The van der Waals surface area contributed by atoms with Gasteiger partial charge < -0.3 is 24.6 Å². The summed E-state index contributed by atoms with van der Waals surface area (Å²) in [6.07, 6.45) is 53.5. The number of hydrogen-bond donors (Lipinski definition) is 3. The van der Waals surface area contributed by atoms with Crippen molar-refractivity contribution < 1.29 is 47.8 Å². The zero-order valence-electron chi connectivity index (χ0n) is 36.2. The molecule has 0 amide bonds. The zero-order chi connectivity index (χ0) is 43.3. The Bertz CT molecular complexity index is 1340. The molecule has 0 spiro atoms. The van der Waals surface area contributed by atoms with Crippen molar-refractivity contribution in [2.75, 3.05) is 26.4 Å². The summed E-state index contributed by atoms with van der Waals surface area (Å²) in [4.78, 5) is 35.0. The van der Waals surface area contributed by atoms with Gasteiger partial charge in [-0.15, -0.1) is 0 Å². The first kappa shape index (κ1) is 55.6. The Labute approximate surface area is 356 Å².